The molecule has 1 fully saturated rings. The molecule has 5 heteroatoms. The lowest BCUT2D eigenvalue weighted by Gasteiger charge is -2.11. The summed E-state index contributed by atoms with van der Waals surface area (Å²) in [5.74, 6) is 0.304. The molecule has 3 N–H and O–H groups in total. The lowest BCUT2D eigenvalue weighted by atomic mass is 10.1. The van der Waals surface area contributed by atoms with Crippen molar-refractivity contribution < 1.29 is 5.11 Å². The normalized spacial score (nSPS) is 18.6. The fourth-order valence-corrected chi connectivity index (χ4v) is 2.43. The van der Waals surface area contributed by atoms with Crippen LogP contribution >= 0.6 is 0 Å². The highest BCUT2D eigenvalue weighted by molar-refractivity contribution is 5.66. The molecule has 2 heterocycles. The summed E-state index contributed by atoms with van der Waals surface area (Å²) in [5.41, 5.74) is 0.587. The van der Waals surface area contributed by atoms with E-state index < -0.39 is 0 Å². The Bertz CT molecular complexity index is 631. The molecule has 1 aromatic heterocycles. The Labute approximate surface area is 110 Å². The highest BCUT2D eigenvalue weighted by Crippen LogP contribution is 2.26. The molecule has 5 nitrogen and oxygen atoms in total. The zero-order valence-electron chi connectivity index (χ0n) is 10.4. The first-order chi connectivity index (χ1) is 9.25. The third-order valence-corrected chi connectivity index (χ3v) is 3.37. The van der Waals surface area contributed by atoms with Gasteiger partial charge in [0.25, 0.3) is 5.56 Å². The van der Waals surface area contributed by atoms with Crippen molar-refractivity contribution in [2.75, 3.05) is 6.54 Å². The van der Waals surface area contributed by atoms with Crippen molar-refractivity contribution >= 4 is 0 Å². The summed E-state index contributed by atoms with van der Waals surface area (Å²) in [6, 6.07) is 9.09. The summed E-state index contributed by atoms with van der Waals surface area (Å²) in [6.45, 7) is 0.912. The first-order valence-corrected chi connectivity index (χ1v) is 6.37. The molecule has 1 atom stereocenters. The van der Waals surface area contributed by atoms with Crippen LogP contribution in [0.5, 0.6) is 5.88 Å². The van der Waals surface area contributed by atoms with Gasteiger partial charge in [0.2, 0.25) is 5.88 Å². The van der Waals surface area contributed by atoms with Gasteiger partial charge in [-0.2, -0.15) is 4.98 Å². The van der Waals surface area contributed by atoms with Crippen LogP contribution in [0, 0.1) is 0 Å². The molecule has 2 aromatic rings. The molecule has 0 radical (unpaired) electrons. The maximum Gasteiger partial charge on any atom is 0.262 e. The Morgan fingerprint density at radius 2 is 2.05 bits per heavy atom. The summed E-state index contributed by atoms with van der Waals surface area (Å²) >= 11 is 0. The van der Waals surface area contributed by atoms with Gasteiger partial charge >= 0.3 is 0 Å². The van der Waals surface area contributed by atoms with E-state index in [1.807, 2.05) is 18.2 Å². The fraction of sp³-hybridized carbons (Fsp3) is 0.286. The molecule has 0 aliphatic carbocycles. The van der Waals surface area contributed by atoms with E-state index in [1.165, 1.54) is 0 Å². The van der Waals surface area contributed by atoms with Crippen molar-refractivity contribution in [2.45, 2.75) is 18.9 Å². The number of aromatic hydroxyl groups is 1. The third-order valence-electron chi connectivity index (χ3n) is 3.37. The topological polar surface area (TPSA) is 78.0 Å². The minimum Gasteiger partial charge on any atom is -0.493 e. The van der Waals surface area contributed by atoms with Gasteiger partial charge in [-0.1, -0.05) is 30.3 Å². The predicted molar refractivity (Wildman–Crippen MR) is 71.9 cm³/mol. The van der Waals surface area contributed by atoms with Gasteiger partial charge < -0.3 is 15.4 Å². The Kier molecular flexibility index (Phi) is 3.05. The standard InChI is InChI=1S/C14H15N3O2/c18-13-11(9-5-2-1-3-6-9)14(19)17-12(16-13)10-7-4-8-15-10/h1-3,5-6,10,15H,4,7-8H2,(H2,16,17,18,19). The third kappa shape index (κ3) is 2.24. The predicted octanol–water partition coefficient (Wildman–Crippen LogP) is 1.57. The van der Waals surface area contributed by atoms with Gasteiger partial charge in [-0.25, -0.2) is 0 Å². The van der Waals surface area contributed by atoms with Gasteiger partial charge in [0.15, 0.2) is 0 Å². The molecule has 0 bridgehead atoms. The van der Waals surface area contributed by atoms with E-state index in [0.717, 1.165) is 19.4 Å². The number of rotatable bonds is 2. The summed E-state index contributed by atoms with van der Waals surface area (Å²) in [5, 5.41) is 13.3. The summed E-state index contributed by atoms with van der Waals surface area (Å²) in [7, 11) is 0. The van der Waals surface area contributed by atoms with Crippen molar-refractivity contribution in [2.24, 2.45) is 0 Å². The van der Waals surface area contributed by atoms with Crippen LogP contribution < -0.4 is 10.9 Å². The van der Waals surface area contributed by atoms with E-state index in [1.54, 1.807) is 12.1 Å². The van der Waals surface area contributed by atoms with Crippen molar-refractivity contribution in [3.05, 3.63) is 46.5 Å². The smallest absolute Gasteiger partial charge is 0.262 e. The van der Waals surface area contributed by atoms with Crippen LogP contribution in [-0.2, 0) is 0 Å². The number of nitrogens with one attached hydrogen (secondary N) is 2. The second-order valence-electron chi connectivity index (χ2n) is 4.66. The number of benzene rings is 1. The molecule has 1 aliphatic rings. The average molecular weight is 257 g/mol. The monoisotopic (exact) mass is 257 g/mol. The van der Waals surface area contributed by atoms with Crippen molar-refractivity contribution in [1.82, 2.24) is 15.3 Å². The fourth-order valence-electron chi connectivity index (χ4n) is 2.43. The molecule has 0 amide bonds. The number of hydrogen-bond acceptors (Lipinski definition) is 4. The molecule has 1 aromatic carbocycles. The Hall–Kier alpha value is -2.14. The number of hydrogen-bond donors (Lipinski definition) is 3. The number of aromatic nitrogens is 2. The van der Waals surface area contributed by atoms with E-state index in [-0.39, 0.29) is 23.0 Å². The maximum atomic E-state index is 12.1. The molecule has 0 spiro atoms. The number of H-pyrrole nitrogens is 1. The zero-order chi connectivity index (χ0) is 13.2. The van der Waals surface area contributed by atoms with Gasteiger partial charge in [0, 0.05) is 0 Å². The molecule has 1 saturated heterocycles. The second-order valence-corrected chi connectivity index (χ2v) is 4.66. The summed E-state index contributed by atoms with van der Waals surface area (Å²) in [6.07, 6.45) is 1.97. The largest absolute Gasteiger partial charge is 0.493 e. The summed E-state index contributed by atoms with van der Waals surface area (Å²) in [4.78, 5) is 19.0. The lowest BCUT2D eigenvalue weighted by Crippen LogP contribution is -2.21. The van der Waals surface area contributed by atoms with E-state index in [2.05, 4.69) is 15.3 Å². The highest BCUT2D eigenvalue weighted by atomic mass is 16.3. The molecule has 0 saturated carbocycles. The second kappa shape index (κ2) is 4.85. The molecule has 1 aliphatic heterocycles. The minimum atomic E-state index is -0.303. The van der Waals surface area contributed by atoms with Crippen LogP contribution in [-0.4, -0.2) is 21.6 Å². The first kappa shape index (κ1) is 11.9. The van der Waals surface area contributed by atoms with E-state index in [4.69, 9.17) is 0 Å². The number of aromatic amines is 1. The molecular weight excluding hydrogens is 242 g/mol. The van der Waals surface area contributed by atoms with Gasteiger partial charge in [-0.15, -0.1) is 0 Å². The van der Waals surface area contributed by atoms with Crippen LogP contribution in [0.25, 0.3) is 11.1 Å². The van der Waals surface area contributed by atoms with Crippen molar-refractivity contribution in [1.29, 1.82) is 0 Å². The minimum absolute atomic E-state index is 0.0309. The van der Waals surface area contributed by atoms with Gasteiger partial charge in [0.1, 0.15) is 11.4 Å². The van der Waals surface area contributed by atoms with Crippen LogP contribution in [0.4, 0.5) is 0 Å². The van der Waals surface area contributed by atoms with Crippen LogP contribution in [0.15, 0.2) is 35.1 Å². The quantitative estimate of drug-likeness (QED) is 0.763. The Morgan fingerprint density at radius 3 is 2.68 bits per heavy atom. The van der Waals surface area contributed by atoms with Gasteiger partial charge in [-0.05, 0) is 24.9 Å². The summed E-state index contributed by atoms with van der Waals surface area (Å²) < 4.78 is 0. The van der Waals surface area contributed by atoms with E-state index in [0.29, 0.717) is 11.4 Å². The molecule has 1 unspecified atom stereocenters. The van der Waals surface area contributed by atoms with Gasteiger partial charge in [0.05, 0.1) is 6.04 Å². The molecular formula is C14H15N3O2. The lowest BCUT2D eigenvalue weighted by molar-refractivity contribution is 0.444. The van der Waals surface area contributed by atoms with E-state index >= 15 is 0 Å². The van der Waals surface area contributed by atoms with Gasteiger partial charge in [-0.3, -0.25) is 4.79 Å². The van der Waals surface area contributed by atoms with Crippen molar-refractivity contribution in [3.8, 4) is 17.0 Å². The number of nitrogens with zero attached hydrogens (tertiary/aromatic N) is 1. The maximum absolute atomic E-state index is 12.1. The molecule has 3 rings (SSSR count). The Balaban J connectivity index is 2.06. The SMILES string of the molecule is O=c1[nH]c(C2CCCN2)nc(O)c1-c1ccccc1. The molecule has 19 heavy (non-hydrogen) atoms. The Morgan fingerprint density at radius 1 is 1.26 bits per heavy atom. The first-order valence-electron chi connectivity index (χ1n) is 6.37. The zero-order valence-corrected chi connectivity index (χ0v) is 10.4. The van der Waals surface area contributed by atoms with Crippen LogP contribution in [0.2, 0.25) is 0 Å². The average Bonchev–Trinajstić information content (AvgIpc) is 2.93. The van der Waals surface area contributed by atoms with E-state index in [9.17, 15) is 9.90 Å². The highest BCUT2D eigenvalue weighted by Gasteiger charge is 2.21. The van der Waals surface area contributed by atoms with Crippen LogP contribution in [0.1, 0.15) is 24.7 Å². The van der Waals surface area contributed by atoms with Crippen molar-refractivity contribution in [3.63, 3.8) is 0 Å². The molecule has 98 valence electrons. The van der Waals surface area contributed by atoms with Crippen LogP contribution in [0.3, 0.4) is 0 Å².